The molecule has 0 aliphatic heterocycles. The van der Waals surface area contributed by atoms with Crippen LogP contribution in [0.3, 0.4) is 0 Å². The van der Waals surface area contributed by atoms with Crippen LogP contribution in [0.1, 0.15) is 50.6 Å². The second-order valence-corrected chi connectivity index (χ2v) is 5.56. The molecule has 2 rings (SSSR count). The summed E-state index contributed by atoms with van der Waals surface area (Å²) in [6, 6.07) is 2.13. The van der Waals surface area contributed by atoms with Gasteiger partial charge in [-0.15, -0.1) is 0 Å². The summed E-state index contributed by atoms with van der Waals surface area (Å²) in [6.45, 7) is 0.852. The molecule has 0 saturated heterocycles. The number of aryl methyl sites for hydroxylation is 2. The quantitative estimate of drug-likeness (QED) is 0.815. The smallest absolute Gasteiger partial charge is 0.0492 e. The van der Waals surface area contributed by atoms with Gasteiger partial charge in [0.1, 0.15) is 0 Å². The highest BCUT2D eigenvalue weighted by Crippen LogP contribution is 2.38. The summed E-state index contributed by atoms with van der Waals surface area (Å²) in [5.74, 6) is 0. The summed E-state index contributed by atoms with van der Waals surface area (Å²) >= 11 is 0. The molecule has 0 amide bonds. The van der Waals surface area contributed by atoms with Crippen LogP contribution in [-0.4, -0.2) is 16.3 Å². The fourth-order valence-corrected chi connectivity index (χ4v) is 3.07. The van der Waals surface area contributed by atoms with Gasteiger partial charge in [-0.3, -0.25) is 4.68 Å². The van der Waals surface area contributed by atoms with Gasteiger partial charge in [0.15, 0.2) is 0 Å². The van der Waals surface area contributed by atoms with Crippen molar-refractivity contribution in [3.8, 4) is 0 Å². The molecule has 1 aromatic heterocycles. The monoisotopic (exact) mass is 235 g/mol. The second kappa shape index (κ2) is 5.67. The Balaban J connectivity index is 1.96. The first-order valence-electron chi connectivity index (χ1n) is 6.93. The predicted molar refractivity (Wildman–Crippen MR) is 70.7 cm³/mol. The highest BCUT2D eigenvalue weighted by atomic mass is 15.2. The minimum absolute atomic E-state index is 0.404. The third-order valence-electron chi connectivity index (χ3n) is 4.43. The lowest BCUT2D eigenvalue weighted by atomic mass is 9.76. The van der Waals surface area contributed by atoms with Crippen molar-refractivity contribution in [2.45, 2.75) is 51.4 Å². The fourth-order valence-electron chi connectivity index (χ4n) is 3.07. The predicted octanol–water partition coefficient (Wildman–Crippen LogP) is 2.65. The molecule has 1 fully saturated rings. The Morgan fingerprint density at radius 1 is 1.29 bits per heavy atom. The van der Waals surface area contributed by atoms with Crippen LogP contribution < -0.4 is 5.73 Å². The molecule has 0 radical (unpaired) electrons. The van der Waals surface area contributed by atoms with Crippen molar-refractivity contribution >= 4 is 0 Å². The van der Waals surface area contributed by atoms with Crippen molar-refractivity contribution in [2.24, 2.45) is 18.2 Å². The number of aromatic nitrogens is 2. The summed E-state index contributed by atoms with van der Waals surface area (Å²) in [5, 5.41) is 4.23. The molecule has 0 unspecified atom stereocenters. The van der Waals surface area contributed by atoms with Crippen molar-refractivity contribution in [3.05, 3.63) is 18.0 Å². The van der Waals surface area contributed by atoms with Gasteiger partial charge < -0.3 is 5.73 Å². The molecule has 1 heterocycles. The standard InChI is InChI=1S/C14H25N3/c1-17-13(7-11-16-17)6-10-14(12-15)8-4-2-3-5-9-14/h7,11H,2-6,8-10,12,15H2,1H3. The number of hydrogen-bond donors (Lipinski definition) is 1. The van der Waals surface area contributed by atoms with E-state index < -0.39 is 0 Å². The summed E-state index contributed by atoms with van der Waals surface area (Å²) in [4.78, 5) is 0. The first-order chi connectivity index (χ1) is 8.26. The minimum atomic E-state index is 0.404. The second-order valence-electron chi connectivity index (χ2n) is 5.56. The van der Waals surface area contributed by atoms with E-state index in [9.17, 15) is 0 Å². The summed E-state index contributed by atoms with van der Waals surface area (Å²) in [7, 11) is 2.03. The van der Waals surface area contributed by atoms with Gasteiger partial charge in [-0.2, -0.15) is 5.10 Å². The SMILES string of the molecule is Cn1nccc1CCC1(CN)CCCCCC1. The van der Waals surface area contributed by atoms with Crippen molar-refractivity contribution in [1.29, 1.82) is 0 Å². The number of hydrogen-bond acceptors (Lipinski definition) is 2. The van der Waals surface area contributed by atoms with Gasteiger partial charge in [0.2, 0.25) is 0 Å². The molecule has 0 aromatic carbocycles. The molecule has 2 N–H and O–H groups in total. The van der Waals surface area contributed by atoms with Gasteiger partial charge in [-0.1, -0.05) is 25.7 Å². The largest absolute Gasteiger partial charge is 0.330 e. The van der Waals surface area contributed by atoms with Crippen LogP contribution in [0.5, 0.6) is 0 Å². The maximum atomic E-state index is 6.06. The molecular weight excluding hydrogens is 210 g/mol. The zero-order valence-corrected chi connectivity index (χ0v) is 11.0. The van der Waals surface area contributed by atoms with Crippen LogP contribution in [-0.2, 0) is 13.5 Å². The molecule has 3 heteroatoms. The third-order valence-corrected chi connectivity index (χ3v) is 4.43. The van der Waals surface area contributed by atoms with E-state index in [1.54, 1.807) is 0 Å². The number of nitrogens with zero attached hydrogens (tertiary/aromatic N) is 2. The van der Waals surface area contributed by atoms with E-state index in [1.165, 1.54) is 50.6 Å². The van der Waals surface area contributed by atoms with Crippen molar-refractivity contribution in [2.75, 3.05) is 6.54 Å². The van der Waals surface area contributed by atoms with Crippen LogP contribution in [0.4, 0.5) is 0 Å². The summed E-state index contributed by atoms with van der Waals surface area (Å²) in [5.41, 5.74) is 7.80. The normalized spacial score (nSPS) is 20.1. The van der Waals surface area contributed by atoms with Gasteiger partial charge in [-0.25, -0.2) is 0 Å². The zero-order chi connectivity index (χ0) is 12.1. The summed E-state index contributed by atoms with van der Waals surface area (Å²) in [6.07, 6.45) is 12.4. The minimum Gasteiger partial charge on any atom is -0.330 e. The molecule has 3 nitrogen and oxygen atoms in total. The van der Waals surface area contributed by atoms with Crippen molar-refractivity contribution in [1.82, 2.24) is 9.78 Å². The van der Waals surface area contributed by atoms with E-state index in [1.807, 2.05) is 17.9 Å². The van der Waals surface area contributed by atoms with Gasteiger partial charge in [0, 0.05) is 18.9 Å². The third kappa shape index (κ3) is 3.09. The number of nitrogens with two attached hydrogens (primary N) is 1. The molecule has 96 valence electrons. The number of rotatable bonds is 4. The van der Waals surface area contributed by atoms with Crippen molar-refractivity contribution in [3.63, 3.8) is 0 Å². The molecule has 1 saturated carbocycles. The summed E-state index contributed by atoms with van der Waals surface area (Å²) < 4.78 is 1.99. The van der Waals surface area contributed by atoms with Crippen molar-refractivity contribution < 1.29 is 0 Å². The maximum Gasteiger partial charge on any atom is 0.0492 e. The molecule has 17 heavy (non-hydrogen) atoms. The molecular formula is C14H25N3. The Morgan fingerprint density at radius 3 is 2.53 bits per heavy atom. The van der Waals surface area contributed by atoms with E-state index >= 15 is 0 Å². The lowest BCUT2D eigenvalue weighted by Crippen LogP contribution is -2.30. The van der Waals surface area contributed by atoms with E-state index in [4.69, 9.17) is 5.73 Å². The fraction of sp³-hybridized carbons (Fsp3) is 0.786. The average Bonchev–Trinajstić information content (AvgIpc) is 2.63. The molecule has 1 aliphatic carbocycles. The Kier molecular flexibility index (Phi) is 4.21. The lowest BCUT2D eigenvalue weighted by Gasteiger charge is -2.31. The van der Waals surface area contributed by atoms with Gasteiger partial charge in [0.05, 0.1) is 0 Å². The molecule has 0 atom stereocenters. The van der Waals surface area contributed by atoms with Gasteiger partial charge in [0.25, 0.3) is 0 Å². The highest BCUT2D eigenvalue weighted by Gasteiger charge is 2.29. The first kappa shape index (κ1) is 12.6. The van der Waals surface area contributed by atoms with E-state index in [0.29, 0.717) is 5.41 Å². The lowest BCUT2D eigenvalue weighted by molar-refractivity contribution is 0.232. The van der Waals surface area contributed by atoms with E-state index in [-0.39, 0.29) is 0 Å². The molecule has 1 aliphatic rings. The Hall–Kier alpha value is -0.830. The zero-order valence-electron chi connectivity index (χ0n) is 11.0. The Labute approximate surface area is 104 Å². The van der Waals surface area contributed by atoms with Crippen LogP contribution >= 0.6 is 0 Å². The molecule has 0 spiro atoms. The van der Waals surface area contributed by atoms with Crippen LogP contribution in [0.25, 0.3) is 0 Å². The van der Waals surface area contributed by atoms with E-state index in [0.717, 1.165) is 13.0 Å². The Morgan fingerprint density at radius 2 is 2.00 bits per heavy atom. The maximum absolute atomic E-state index is 6.06. The molecule has 0 bridgehead atoms. The van der Waals surface area contributed by atoms with E-state index in [2.05, 4.69) is 11.2 Å². The van der Waals surface area contributed by atoms with Gasteiger partial charge >= 0.3 is 0 Å². The first-order valence-corrected chi connectivity index (χ1v) is 6.93. The topological polar surface area (TPSA) is 43.8 Å². The average molecular weight is 235 g/mol. The van der Waals surface area contributed by atoms with Crippen LogP contribution in [0.15, 0.2) is 12.3 Å². The van der Waals surface area contributed by atoms with Crippen LogP contribution in [0, 0.1) is 5.41 Å². The van der Waals surface area contributed by atoms with Crippen LogP contribution in [0.2, 0.25) is 0 Å². The highest BCUT2D eigenvalue weighted by molar-refractivity contribution is 5.01. The van der Waals surface area contributed by atoms with Gasteiger partial charge in [-0.05, 0) is 43.7 Å². The Bertz CT molecular complexity index is 335. The molecule has 1 aromatic rings.